The number of pyridine rings is 1. The lowest BCUT2D eigenvalue weighted by atomic mass is 10.0. The summed E-state index contributed by atoms with van der Waals surface area (Å²) in [6.07, 6.45) is 2.93. The Kier molecular flexibility index (Phi) is 4.08. The number of ether oxygens (including phenoxy) is 1. The lowest BCUT2D eigenvalue weighted by molar-refractivity contribution is -0.124. The average molecular weight is 347 g/mol. The van der Waals surface area contributed by atoms with Gasteiger partial charge in [-0.2, -0.15) is 0 Å². The van der Waals surface area contributed by atoms with Gasteiger partial charge in [0.1, 0.15) is 16.0 Å². The first-order valence-electron chi connectivity index (χ1n) is 7.26. The van der Waals surface area contributed by atoms with Gasteiger partial charge in [-0.15, -0.1) is 23.2 Å². The van der Waals surface area contributed by atoms with Crippen molar-refractivity contribution in [3.63, 3.8) is 0 Å². The van der Waals surface area contributed by atoms with Crippen LogP contribution >= 0.6 is 23.2 Å². The Labute approximate surface area is 138 Å². The maximum Gasteiger partial charge on any atom is 0.237 e. The van der Waals surface area contributed by atoms with E-state index in [4.69, 9.17) is 27.9 Å². The van der Waals surface area contributed by atoms with Crippen molar-refractivity contribution in [2.45, 2.75) is 36.6 Å². The third-order valence-electron chi connectivity index (χ3n) is 4.46. The SMILES string of the molecule is CC1(C(=O)N(c2ccc(F)cn2)C2CCOCC2)CC1(Cl)Cl. The number of hydrogen-bond donors (Lipinski definition) is 0. The summed E-state index contributed by atoms with van der Waals surface area (Å²) < 4.78 is 17.4. The fourth-order valence-corrected chi connectivity index (χ4v) is 3.50. The van der Waals surface area contributed by atoms with Crippen LogP contribution in [0.3, 0.4) is 0 Å². The molecule has 0 aromatic carbocycles. The lowest BCUT2D eigenvalue weighted by Crippen LogP contribution is -2.48. The minimum absolute atomic E-state index is 0.0410. The van der Waals surface area contributed by atoms with Crippen LogP contribution in [0.25, 0.3) is 0 Å². The number of nitrogens with zero attached hydrogens (tertiary/aromatic N) is 2. The fourth-order valence-electron chi connectivity index (χ4n) is 2.81. The molecule has 1 aliphatic carbocycles. The fraction of sp³-hybridized carbons (Fsp3) is 0.600. The van der Waals surface area contributed by atoms with Crippen LogP contribution in [0.1, 0.15) is 26.2 Å². The van der Waals surface area contributed by atoms with Crippen LogP contribution in [0, 0.1) is 11.2 Å². The zero-order valence-electron chi connectivity index (χ0n) is 12.2. The first kappa shape index (κ1) is 16.0. The smallest absolute Gasteiger partial charge is 0.237 e. The van der Waals surface area contributed by atoms with Gasteiger partial charge < -0.3 is 4.74 Å². The minimum Gasteiger partial charge on any atom is -0.381 e. The van der Waals surface area contributed by atoms with Crippen LogP contribution in [0.15, 0.2) is 18.3 Å². The van der Waals surface area contributed by atoms with Crippen molar-refractivity contribution >= 4 is 34.9 Å². The van der Waals surface area contributed by atoms with Crippen molar-refractivity contribution < 1.29 is 13.9 Å². The maximum absolute atomic E-state index is 13.1. The van der Waals surface area contributed by atoms with Gasteiger partial charge in [0.25, 0.3) is 0 Å². The first-order chi connectivity index (χ1) is 10.3. The number of rotatable bonds is 3. The van der Waals surface area contributed by atoms with Gasteiger partial charge in [0.05, 0.1) is 11.6 Å². The van der Waals surface area contributed by atoms with Crippen LogP contribution in [0.5, 0.6) is 0 Å². The van der Waals surface area contributed by atoms with E-state index in [0.717, 1.165) is 6.20 Å². The molecule has 1 saturated carbocycles. The topological polar surface area (TPSA) is 42.4 Å². The number of carbonyl (C=O) groups is 1. The molecule has 0 spiro atoms. The van der Waals surface area contributed by atoms with Gasteiger partial charge in [0.2, 0.25) is 5.91 Å². The molecule has 1 aliphatic heterocycles. The van der Waals surface area contributed by atoms with Gasteiger partial charge in [0, 0.05) is 19.3 Å². The second kappa shape index (κ2) is 5.62. The van der Waals surface area contributed by atoms with E-state index in [1.165, 1.54) is 12.1 Å². The molecule has 1 unspecified atom stereocenters. The largest absolute Gasteiger partial charge is 0.381 e. The number of halogens is 3. The number of carbonyl (C=O) groups excluding carboxylic acids is 1. The van der Waals surface area contributed by atoms with Crippen molar-refractivity contribution in [2.75, 3.05) is 18.1 Å². The predicted molar refractivity (Wildman–Crippen MR) is 82.7 cm³/mol. The van der Waals surface area contributed by atoms with Gasteiger partial charge in [0.15, 0.2) is 0 Å². The second-order valence-electron chi connectivity index (χ2n) is 6.07. The maximum atomic E-state index is 13.1. The van der Waals surface area contributed by atoms with E-state index >= 15 is 0 Å². The van der Waals surface area contributed by atoms with Crippen molar-refractivity contribution in [2.24, 2.45) is 5.41 Å². The van der Waals surface area contributed by atoms with E-state index in [-0.39, 0.29) is 11.9 Å². The number of aromatic nitrogens is 1. The molecule has 0 N–H and O–H groups in total. The molecule has 120 valence electrons. The minimum atomic E-state index is -1.05. The molecular weight excluding hydrogens is 330 g/mol. The number of alkyl halides is 2. The standard InChI is InChI=1S/C15H17Cl2FN2O2/c1-14(9-15(14,16)17)13(21)20(11-4-6-22-7-5-11)12-3-2-10(18)8-19-12/h2-3,8,11H,4-7,9H2,1H3. The lowest BCUT2D eigenvalue weighted by Gasteiger charge is -2.35. The number of anilines is 1. The highest BCUT2D eigenvalue weighted by Crippen LogP contribution is 2.64. The molecule has 3 rings (SSSR count). The Hall–Kier alpha value is -0.910. The van der Waals surface area contributed by atoms with E-state index in [0.29, 0.717) is 38.3 Å². The Bertz CT molecular complexity index is 575. The molecule has 2 fully saturated rings. The third-order valence-corrected chi connectivity index (χ3v) is 5.56. The summed E-state index contributed by atoms with van der Waals surface area (Å²) in [5.74, 6) is -0.177. The van der Waals surface area contributed by atoms with Crippen molar-refractivity contribution in [1.29, 1.82) is 0 Å². The summed E-state index contributed by atoms with van der Waals surface area (Å²) in [7, 11) is 0. The zero-order valence-corrected chi connectivity index (χ0v) is 13.7. The monoisotopic (exact) mass is 346 g/mol. The molecular formula is C15H17Cl2FN2O2. The van der Waals surface area contributed by atoms with E-state index in [2.05, 4.69) is 4.98 Å². The number of amides is 1. The average Bonchev–Trinajstić information content (AvgIpc) is 3.02. The molecule has 1 aromatic rings. The third kappa shape index (κ3) is 2.70. The van der Waals surface area contributed by atoms with Crippen LogP contribution in [0.2, 0.25) is 0 Å². The van der Waals surface area contributed by atoms with Gasteiger partial charge in [-0.05, 0) is 38.3 Å². The van der Waals surface area contributed by atoms with Crippen molar-refractivity contribution in [1.82, 2.24) is 4.98 Å². The Balaban J connectivity index is 1.92. The van der Waals surface area contributed by atoms with E-state index in [9.17, 15) is 9.18 Å². The first-order valence-corrected chi connectivity index (χ1v) is 8.01. The van der Waals surface area contributed by atoms with E-state index in [1.54, 1.807) is 11.8 Å². The van der Waals surface area contributed by atoms with Gasteiger partial charge >= 0.3 is 0 Å². The van der Waals surface area contributed by atoms with Gasteiger partial charge in [-0.25, -0.2) is 9.37 Å². The normalized spacial score (nSPS) is 27.5. The summed E-state index contributed by atoms with van der Waals surface area (Å²) in [6.45, 7) is 2.92. The second-order valence-corrected chi connectivity index (χ2v) is 7.55. The van der Waals surface area contributed by atoms with Crippen molar-refractivity contribution in [3.8, 4) is 0 Å². The predicted octanol–water partition coefficient (Wildman–Crippen LogP) is 3.32. The summed E-state index contributed by atoms with van der Waals surface area (Å²) in [6, 6.07) is 2.77. The summed E-state index contributed by atoms with van der Waals surface area (Å²) in [4.78, 5) is 18.7. The molecule has 2 heterocycles. The van der Waals surface area contributed by atoms with Crippen LogP contribution < -0.4 is 4.90 Å². The quantitative estimate of drug-likeness (QED) is 0.788. The van der Waals surface area contributed by atoms with Crippen LogP contribution in [0.4, 0.5) is 10.2 Å². The Morgan fingerprint density at radius 3 is 2.55 bits per heavy atom. The van der Waals surface area contributed by atoms with E-state index < -0.39 is 15.6 Å². The Morgan fingerprint density at radius 1 is 1.41 bits per heavy atom. The van der Waals surface area contributed by atoms with Crippen LogP contribution in [-0.2, 0) is 9.53 Å². The molecule has 1 saturated heterocycles. The zero-order chi connectivity index (χ0) is 16.0. The highest BCUT2D eigenvalue weighted by molar-refractivity contribution is 6.53. The highest BCUT2D eigenvalue weighted by atomic mass is 35.5. The highest BCUT2D eigenvalue weighted by Gasteiger charge is 2.69. The molecule has 0 radical (unpaired) electrons. The number of hydrogen-bond acceptors (Lipinski definition) is 3. The molecule has 7 heteroatoms. The molecule has 0 bridgehead atoms. The van der Waals surface area contributed by atoms with Crippen molar-refractivity contribution in [3.05, 3.63) is 24.1 Å². The van der Waals surface area contributed by atoms with E-state index in [1.807, 2.05) is 0 Å². The van der Waals surface area contributed by atoms with Crippen LogP contribution in [-0.4, -0.2) is 34.5 Å². The molecule has 1 atom stereocenters. The molecule has 4 nitrogen and oxygen atoms in total. The summed E-state index contributed by atoms with van der Waals surface area (Å²) >= 11 is 12.3. The Morgan fingerprint density at radius 2 is 2.05 bits per heavy atom. The van der Waals surface area contributed by atoms with Gasteiger partial charge in [-0.1, -0.05) is 0 Å². The molecule has 1 aromatic heterocycles. The molecule has 1 amide bonds. The summed E-state index contributed by atoms with van der Waals surface area (Å²) in [5.41, 5.74) is -0.829. The van der Waals surface area contributed by atoms with Gasteiger partial charge in [-0.3, -0.25) is 9.69 Å². The molecule has 22 heavy (non-hydrogen) atoms. The molecule has 2 aliphatic rings. The summed E-state index contributed by atoms with van der Waals surface area (Å²) in [5, 5.41) is 0.